The van der Waals surface area contributed by atoms with Gasteiger partial charge in [-0.1, -0.05) is 18.2 Å². The first-order valence-electron chi connectivity index (χ1n) is 10.4. The Morgan fingerprint density at radius 2 is 1.20 bits per heavy atom. The van der Waals surface area contributed by atoms with E-state index >= 15 is 0 Å². The van der Waals surface area contributed by atoms with Crippen LogP contribution in [0.3, 0.4) is 0 Å². The van der Waals surface area contributed by atoms with Crippen LogP contribution in [-0.4, -0.2) is 96.1 Å². The highest BCUT2D eigenvalue weighted by atomic mass is 32.2. The fourth-order valence-electron chi connectivity index (χ4n) is 2.61. The van der Waals surface area contributed by atoms with Gasteiger partial charge in [0, 0.05) is 43.9 Å². The molecule has 1 fully saturated rings. The van der Waals surface area contributed by atoms with Crippen molar-refractivity contribution in [3.63, 3.8) is 0 Å². The van der Waals surface area contributed by atoms with Crippen molar-refractivity contribution in [3.05, 3.63) is 54.6 Å². The number of benzene rings is 1. The summed E-state index contributed by atoms with van der Waals surface area (Å²) in [5.74, 6) is -4.86. The number of carbonyl (C=O) groups is 4. The number of nitrogens with zero attached hydrogens (tertiary/aromatic N) is 1. The number of aliphatic carboxylic acids is 4. The van der Waals surface area contributed by atoms with Gasteiger partial charge in [0.05, 0.1) is 10.6 Å². The molecule has 0 aliphatic carbocycles. The average molecular weight is 515 g/mol. The summed E-state index contributed by atoms with van der Waals surface area (Å²) in [6.45, 7) is 4.77. The zero-order valence-corrected chi connectivity index (χ0v) is 19.8. The number of nitrogens with one attached hydrogen (secondary N) is 1. The molecule has 1 heterocycles. The number of rotatable bonds is 11. The Morgan fingerprint density at radius 3 is 1.60 bits per heavy atom. The molecular formula is C22H30N2O10S. The molecular weight excluding hydrogens is 484 g/mol. The van der Waals surface area contributed by atoms with E-state index in [-0.39, 0.29) is 5.75 Å². The zero-order valence-electron chi connectivity index (χ0n) is 18.9. The molecule has 0 bridgehead atoms. The molecule has 0 saturated carbocycles. The predicted octanol–water partition coefficient (Wildman–Crippen LogP) is 0.569. The molecule has 0 radical (unpaired) electrons. The van der Waals surface area contributed by atoms with Crippen molar-refractivity contribution >= 4 is 33.7 Å². The third-order valence-electron chi connectivity index (χ3n) is 4.19. The highest BCUT2D eigenvalue weighted by Crippen LogP contribution is 2.09. The predicted molar refractivity (Wildman–Crippen MR) is 126 cm³/mol. The second-order valence-corrected chi connectivity index (χ2v) is 9.06. The molecule has 0 unspecified atom stereocenters. The number of sulfone groups is 1. The van der Waals surface area contributed by atoms with E-state index in [0.717, 1.165) is 13.1 Å². The number of hydrogen-bond acceptors (Lipinski definition) is 8. The van der Waals surface area contributed by atoms with Gasteiger partial charge in [-0.3, -0.25) is 0 Å². The summed E-state index contributed by atoms with van der Waals surface area (Å²) in [6.07, 6.45) is 4.82. The average Bonchev–Trinajstić information content (AvgIpc) is 3.31. The molecule has 1 saturated heterocycles. The van der Waals surface area contributed by atoms with Gasteiger partial charge in [0.15, 0.2) is 9.84 Å². The van der Waals surface area contributed by atoms with E-state index < -0.39 is 33.7 Å². The van der Waals surface area contributed by atoms with Gasteiger partial charge in [-0.2, -0.15) is 0 Å². The molecule has 0 amide bonds. The minimum absolute atomic E-state index is 0.164. The van der Waals surface area contributed by atoms with E-state index in [1.54, 1.807) is 24.3 Å². The summed E-state index contributed by atoms with van der Waals surface area (Å²) >= 11 is 0. The molecule has 0 spiro atoms. The van der Waals surface area contributed by atoms with Gasteiger partial charge in [0.25, 0.3) is 0 Å². The van der Waals surface area contributed by atoms with Gasteiger partial charge < -0.3 is 30.6 Å². The molecule has 0 atom stereocenters. The van der Waals surface area contributed by atoms with Crippen LogP contribution in [0.4, 0.5) is 0 Å². The van der Waals surface area contributed by atoms with Gasteiger partial charge in [-0.05, 0) is 38.1 Å². The maximum Gasteiger partial charge on any atom is 0.328 e. The van der Waals surface area contributed by atoms with Crippen LogP contribution in [0.15, 0.2) is 59.5 Å². The van der Waals surface area contributed by atoms with Gasteiger partial charge in [-0.15, -0.1) is 0 Å². The number of carboxylic acid groups (broad SMARTS) is 4. The Balaban J connectivity index is 0.000000601. The second kappa shape index (κ2) is 17.9. The SMILES string of the molecule is O=C(O)C=CC(=O)O.O=C(O)C=CC(=O)O.O=S(=O)(CCNCCN1CCCC1)c1ccccc1. The van der Waals surface area contributed by atoms with Crippen LogP contribution >= 0.6 is 0 Å². The lowest BCUT2D eigenvalue weighted by Gasteiger charge is -2.14. The van der Waals surface area contributed by atoms with Crippen molar-refractivity contribution in [3.8, 4) is 0 Å². The first-order valence-corrected chi connectivity index (χ1v) is 12.1. The molecule has 2 rings (SSSR count). The van der Waals surface area contributed by atoms with Crippen molar-refractivity contribution in [2.24, 2.45) is 0 Å². The van der Waals surface area contributed by atoms with Crippen LogP contribution in [0.25, 0.3) is 0 Å². The number of hydrogen-bond donors (Lipinski definition) is 5. The summed E-state index contributed by atoms with van der Waals surface area (Å²) < 4.78 is 24.0. The number of likely N-dealkylation sites (tertiary alicyclic amines) is 1. The summed E-state index contributed by atoms with van der Waals surface area (Å²) in [5, 5.41) is 34.5. The maximum atomic E-state index is 12.0. The molecule has 1 aliphatic rings. The highest BCUT2D eigenvalue weighted by Gasteiger charge is 2.13. The summed E-state index contributed by atoms with van der Waals surface area (Å²) in [4.78, 5) is 41.0. The fraction of sp³-hybridized carbons (Fsp3) is 0.364. The normalized spacial score (nSPS) is 13.5. The minimum atomic E-state index is -3.14. The smallest absolute Gasteiger partial charge is 0.328 e. The van der Waals surface area contributed by atoms with Crippen molar-refractivity contribution in [2.45, 2.75) is 17.7 Å². The Hall–Kier alpha value is -3.55. The first kappa shape index (κ1) is 31.4. The molecule has 35 heavy (non-hydrogen) atoms. The third kappa shape index (κ3) is 18.6. The molecule has 1 aromatic carbocycles. The van der Waals surface area contributed by atoms with Crippen molar-refractivity contribution < 1.29 is 48.0 Å². The quantitative estimate of drug-likeness (QED) is 0.203. The summed E-state index contributed by atoms with van der Waals surface area (Å²) in [6, 6.07) is 8.65. The first-order chi connectivity index (χ1) is 16.4. The molecule has 12 nitrogen and oxygen atoms in total. The van der Waals surface area contributed by atoms with E-state index in [4.69, 9.17) is 20.4 Å². The molecule has 1 aromatic rings. The lowest BCUT2D eigenvalue weighted by molar-refractivity contribution is -0.134. The van der Waals surface area contributed by atoms with E-state index in [1.807, 2.05) is 6.07 Å². The van der Waals surface area contributed by atoms with Gasteiger partial charge in [0.2, 0.25) is 0 Å². The van der Waals surface area contributed by atoms with Crippen LogP contribution in [0, 0.1) is 0 Å². The van der Waals surface area contributed by atoms with Crippen molar-refractivity contribution in [2.75, 3.05) is 38.5 Å². The lowest BCUT2D eigenvalue weighted by atomic mass is 10.4. The van der Waals surface area contributed by atoms with Crippen LogP contribution in [0.2, 0.25) is 0 Å². The standard InChI is InChI=1S/C14H22N2O2S.2C4H4O4/c17-19(18,14-6-2-1-3-7-14)13-9-15-8-12-16-10-4-5-11-16;2*5-3(6)1-2-4(7)8/h1-3,6-7,15H,4-5,8-13H2;2*1-2H,(H,5,6)(H,7,8). The Kier molecular flexibility index (Phi) is 16.1. The second-order valence-electron chi connectivity index (χ2n) is 6.95. The third-order valence-corrected chi connectivity index (χ3v) is 5.92. The monoisotopic (exact) mass is 514 g/mol. The Bertz CT molecular complexity index is 903. The zero-order chi connectivity index (χ0) is 26.7. The Morgan fingerprint density at radius 1 is 0.771 bits per heavy atom. The Labute approximate surface area is 203 Å². The number of carboxylic acids is 4. The van der Waals surface area contributed by atoms with Crippen LogP contribution < -0.4 is 5.32 Å². The minimum Gasteiger partial charge on any atom is -0.478 e. The lowest BCUT2D eigenvalue weighted by Crippen LogP contribution is -2.32. The van der Waals surface area contributed by atoms with Gasteiger partial charge in [0.1, 0.15) is 0 Å². The molecule has 0 aromatic heterocycles. The highest BCUT2D eigenvalue weighted by molar-refractivity contribution is 7.91. The van der Waals surface area contributed by atoms with E-state index in [0.29, 0.717) is 35.7 Å². The van der Waals surface area contributed by atoms with Crippen LogP contribution in [0.1, 0.15) is 12.8 Å². The van der Waals surface area contributed by atoms with E-state index in [2.05, 4.69) is 10.2 Å². The van der Waals surface area contributed by atoms with Crippen molar-refractivity contribution in [1.82, 2.24) is 10.2 Å². The fourth-order valence-corrected chi connectivity index (χ4v) is 3.83. The molecule has 194 valence electrons. The summed E-state index contributed by atoms with van der Waals surface area (Å²) in [5.41, 5.74) is 0. The largest absolute Gasteiger partial charge is 0.478 e. The van der Waals surface area contributed by atoms with Gasteiger partial charge >= 0.3 is 23.9 Å². The van der Waals surface area contributed by atoms with E-state index in [1.165, 1.54) is 25.9 Å². The van der Waals surface area contributed by atoms with E-state index in [9.17, 15) is 27.6 Å². The van der Waals surface area contributed by atoms with Crippen LogP contribution in [-0.2, 0) is 29.0 Å². The van der Waals surface area contributed by atoms with Crippen molar-refractivity contribution in [1.29, 1.82) is 0 Å². The molecule has 5 N–H and O–H groups in total. The maximum absolute atomic E-state index is 12.0. The molecule has 1 aliphatic heterocycles. The molecule has 13 heteroatoms. The summed E-state index contributed by atoms with van der Waals surface area (Å²) in [7, 11) is -3.14. The topological polar surface area (TPSA) is 199 Å². The van der Waals surface area contributed by atoms with Gasteiger partial charge in [-0.25, -0.2) is 27.6 Å². The van der Waals surface area contributed by atoms with Crippen LogP contribution in [0.5, 0.6) is 0 Å².